The fourth-order valence-electron chi connectivity index (χ4n) is 2.36. The fraction of sp³-hybridized carbons (Fsp3) is 0.235. The molecule has 3 rings (SSSR count). The molecule has 20 heavy (non-hydrogen) atoms. The standard InChI is InChI=1S/C17H16FNO/c1-17(18)12-19-16(14-10-6-3-7-11-14)20-15(17)13-8-4-2-5-9-13/h2-11,15H,12H2,1H3/t15?,17-/m0/s1. The van der Waals surface area contributed by atoms with Crippen LogP contribution < -0.4 is 0 Å². The van der Waals surface area contributed by atoms with E-state index in [0.29, 0.717) is 5.90 Å². The lowest BCUT2D eigenvalue weighted by molar-refractivity contribution is 0.00602. The maximum absolute atomic E-state index is 14.7. The van der Waals surface area contributed by atoms with Crippen LogP contribution in [0.4, 0.5) is 4.39 Å². The Morgan fingerprint density at radius 2 is 1.65 bits per heavy atom. The van der Waals surface area contributed by atoms with Crippen LogP contribution in [0.15, 0.2) is 65.7 Å². The molecule has 0 aromatic heterocycles. The molecular weight excluding hydrogens is 253 g/mol. The molecule has 0 spiro atoms. The lowest BCUT2D eigenvalue weighted by Crippen LogP contribution is -2.39. The Balaban J connectivity index is 1.94. The van der Waals surface area contributed by atoms with Crippen LogP contribution in [0.1, 0.15) is 24.2 Å². The van der Waals surface area contributed by atoms with Crippen molar-refractivity contribution in [3.8, 4) is 0 Å². The first-order valence-corrected chi connectivity index (χ1v) is 6.67. The lowest BCUT2D eigenvalue weighted by atomic mass is 9.93. The van der Waals surface area contributed by atoms with Crippen molar-refractivity contribution in [2.24, 2.45) is 4.99 Å². The van der Waals surface area contributed by atoms with Crippen molar-refractivity contribution in [2.75, 3.05) is 6.54 Å². The topological polar surface area (TPSA) is 21.6 Å². The largest absolute Gasteiger partial charge is 0.466 e. The molecule has 0 aliphatic carbocycles. The summed E-state index contributed by atoms with van der Waals surface area (Å²) in [6, 6.07) is 19.1. The summed E-state index contributed by atoms with van der Waals surface area (Å²) in [5.74, 6) is 0.509. The molecule has 0 radical (unpaired) electrons. The molecule has 2 aromatic rings. The van der Waals surface area contributed by atoms with Crippen LogP contribution in [0.2, 0.25) is 0 Å². The highest BCUT2D eigenvalue weighted by atomic mass is 19.1. The van der Waals surface area contributed by atoms with E-state index in [9.17, 15) is 4.39 Å². The molecule has 2 atom stereocenters. The number of hydrogen-bond acceptors (Lipinski definition) is 2. The van der Waals surface area contributed by atoms with Crippen LogP contribution in [-0.2, 0) is 4.74 Å². The van der Waals surface area contributed by atoms with Crippen LogP contribution in [0.3, 0.4) is 0 Å². The van der Waals surface area contributed by atoms with Gasteiger partial charge in [-0.1, -0.05) is 48.5 Å². The summed E-state index contributed by atoms with van der Waals surface area (Å²) in [6.07, 6.45) is -0.628. The summed E-state index contributed by atoms with van der Waals surface area (Å²) >= 11 is 0. The van der Waals surface area contributed by atoms with E-state index < -0.39 is 11.8 Å². The minimum atomic E-state index is -1.50. The summed E-state index contributed by atoms with van der Waals surface area (Å²) in [4.78, 5) is 4.25. The molecule has 1 unspecified atom stereocenters. The number of ether oxygens (including phenoxy) is 1. The summed E-state index contributed by atoms with van der Waals surface area (Å²) < 4.78 is 20.5. The fourth-order valence-corrected chi connectivity index (χ4v) is 2.36. The summed E-state index contributed by atoms with van der Waals surface area (Å²) in [5, 5.41) is 0. The summed E-state index contributed by atoms with van der Waals surface area (Å²) in [7, 11) is 0. The zero-order valence-corrected chi connectivity index (χ0v) is 11.3. The highest BCUT2D eigenvalue weighted by Crippen LogP contribution is 2.36. The van der Waals surface area contributed by atoms with Crippen molar-refractivity contribution in [1.29, 1.82) is 0 Å². The van der Waals surface area contributed by atoms with Crippen molar-refractivity contribution in [3.05, 3.63) is 71.8 Å². The highest BCUT2D eigenvalue weighted by molar-refractivity contribution is 5.94. The number of rotatable bonds is 2. The van der Waals surface area contributed by atoms with Gasteiger partial charge in [-0.3, -0.25) is 0 Å². The van der Waals surface area contributed by atoms with Gasteiger partial charge >= 0.3 is 0 Å². The first-order chi connectivity index (χ1) is 9.67. The molecule has 2 aromatic carbocycles. The van der Waals surface area contributed by atoms with Gasteiger partial charge < -0.3 is 4.74 Å². The van der Waals surface area contributed by atoms with E-state index in [1.807, 2.05) is 60.7 Å². The second-order valence-electron chi connectivity index (χ2n) is 5.17. The second-order valence-corrected chi connectivity index (χ2v) is 5.17. The van der Waals surface area contributed by atoms with Crippen molar-refractivity contribution < 1.29 is 9.13 Å². The van der Waals surface area contributed by atoms with Gasteiger partial charge in [0.15, 0.2) is 11.8 Å². The lowest BCUT2D eigenvalue weighted by Gasteiger charge is -2.34. The zero-order valence-electron chi connectivity index (χ0n) is 11.3. The quantitative estimate of drug-likeness (QED) is 0.809. The van der Waals surface area contributed by atoms with E-state index in [1.165, 1.54) is 6.92 Å². The molecule has 2 nitrogen and oxygen atoms in total. The maximum atomic E-state index is 14.7. The molecule has 1 aliphatic heterocycles. The van der Waals surface area contributed by atoms with Crippen LogP contribution in [0.5, 0.6) is 0 Å². The first-order valence-electron chi connectivity index (χ1n) is 6.67. The van der Waals surface area contributed by atoms with E-state index in [4.69, 9.17) is 4.74 Å². The van der Waals surface area contributed by atoms with Gasteiger partial charge in [0.25, 0.3) is 0 Å². The van der Waals surface area contributed by atoms with Crippen molar-refractivity contribution in [3.63, 3.8) is 0 Å². The normalized spacial score (nSPS) is 25.7. The SMILES string of the molecule is C[C@]1(F)CN=C(c2ccccc2)OC1c1ccccc1. The molecule has 1 heterocycles. The predicted octanol–water partition coefficient (Wildman–Crippen LogP) is 3.93. The van der Waals surface area contributed by atoms with E-state index in [-0.39, 0.29) is 6.54 Å². The molecule has 0 bridgehead atoms. The number of alkyl halides is 1. The van der Waals surface area contributed by atoms with E-state index >= 15 is 0 Å². The molecule has 0 N–H and O–H groups in total. The summed E-state index contributed by atoms with van der Waals surface area (Å²) in [6.45, 7) is 1.65. The van der Waals surface area contributed by atoms with E-state index in [1.54, 1.807) is 0 Å². The van der Waals surface area contributed by atoms with Gasteiger partial charge in [0, 0.05) is 5.56 Å². The Kier molecular flexibility index (Phi) is 3.26. The third kappa shape index (κ3) is 2.44. The first kappa shape index (κ1) is 12.9. The molecule has 1 aliphatic rings. The van der Waals surface area contributed by atoms with Gasteiger partial charge in [0.05, 0.1) is 6.54 Å². The zero-order chi connectivity index (χ0) is 14.0. The van der Waals surface area contributed by atoms with Crippen molar-refractivity contribution >= 4 is 5.90 Å². The van der Waals surface area contributed by atoms with Gasteiger partial charge in [-0.05, 0) is 24.6 Å². The summed E-state index contributed by atoms with van der Waals surface area (Å²) in [5.41, 5.74) is 0.212. The van der Waals surface area contributed by atoms with Crippen LogP contribution in [-0.4, -0.2) is 18.1 Å². The average molecular weight is 269 g/mol. The molecule has 102 valence electrons. The van der Waals surface area contributed by atoms with Crippen molar-refractivity contribution in [1.82, 2.24) is 0 Å². The molecule has 3 heteroatoms. The van der Waals surface area contributed by atoms with Crippen LogP contribution in [0, 0.1) is 0 Å². The van der Waals surface area contributed by atoms with Crippen molar-refractivity contribution in [2.45, 2.75) is 18.7 Å². The van der Waals surface area contributed by atoms with Crippen LogP contribution >= 0.6 is 0 Å². The number of benzene rings is 2. The predicted molar refractivity (Wildman–Crippen MR) is 77.6 cm³/mol. The van der Waals surface area contributed by atoms with Gasteiger partial charge in [-0.15, -0.1) is 0 Å². The second kappa shape index (κ2) is 5.08. The maximum Gasteiger partial charge on any atom is 0.216 e. The van der Waals surface area contributed by atoms with Gasteiger partial charge in [0.2, 0.25) is 5.90 Å². The van der Waals surface area contributed by atoms with Gasteiger partial charge in [0.1, 0.15) is 0 Å². The number of nitrogens with zero attached hydrogens (tertiary/aromatic N) is 1. The molecule has 0 saturated heterocycles. The van der Waals surface area contributed by atoms with Gasteiger partial charge in [-0.25, -0.2) is 9.38 Å². The Bertz CT molecular complexity index is 607. The number of hydrogen-bond donors (Lipinski definition) is 0. The minimum absolute atomic E-state index is 0.108. The molecule has 0 saturated carbocycles. The smallest absolute Gasteiger partial charge is 0.216 e. The Hall–Kier alpha value is -2.16. The Morgan fingerprint density at radius 3 is 2.30 bits per heavy atom. The van der Waals surface area contributed by atoms with E-state index in [2.05, 4.69) is 4.99 Å². The third-order valence-corrected chi connectivity index (χ3v) is 3.43. The monoisotopic (exact) mass is 269 g/mol. The number of aliphatic imine (C=N–C) groups is 1. The third-order valence-electron chi connectivity index (χ3n) is 3.43. The highest BCUT2D eigenvalue weighted by Gasteiger charge is 2.41. The molecular formula is C17H16FNO. The average Bonchev–Trinajstić information content (AvgIpc) is 2.49. The molecule has 0 amide bonds. The Labute approximate surface area is 117 Å². The molecule has 0 fully saturated rings. The number of halogens is 1. The van der Waals surface area contributed by atoms with Crippen LogP contribution in [0.25, 0.3) is 0 Å². The van der Waals surface area contributed by atoms with E-state index in [0.717, 1.165) is 11.1 Å². The minimum Gasteiger partial charge on any atom is -0.466 e. The Morgan fingerprint density at radius 1 is 1.05 bits per heavy atom. The van der Waals surface area contributed by atoms with Gasteiger partial charge in [-0.2, -0.15) is 0 Å².